The third-order valence-electron chi connectivity index (χ3n) is 15.7. The number of aliphatic hydroxyl groups is 10. The van der Waals surface area contributed by atoms with Gasteiger partial charge in [-0.3, -0.25) is 0 Å². The van der Waals surface area contributed by atoms with Gasteiger partial charge in [0.1, 0.15) is 36.6 Å². The summed E-state index contributed by atoms with van der Waals surface area (Å²) in [5.41, 5.74) is -2.70. The molecule has 10 N–H and O–H groups in total. The predicted molar refractivity (Wildman–Crippen MR) is 195 cm³/mol. The van der Waals surface area contributed by atoms with E-state index < -0.39 is 108 Å². The highest BCUT2D eigenvalue weighted by Crippen LogP contribution is 2.70. The molecule has 6 rings (SSSR count). The van der Waals surface area contributed by atoms with Gasteiger partial charge in [-0.2, -0.15) is 0 Å². The van der Waals surface area contributed by atoms with E-state index in [2.05, 4.69) is 27.7 Å². The number of methoxy groups -OCH3 is 1. The molecule has 0 spiro atoms. The van der Waals surface area contributed by atoms with Crippen LogP contribution in [0, 0.1) is 52.3 Å². The Morgan fingerprint density at radius 1 is 0.691 bits per heavy atom. The van der Waals surface area contributed by atoms with Gasteiger partial charge in [0.15, 0.2) is 12.6 Å². The summed E-state index contributed by atoms with van der Waals surface area (Å²) in [6.45, 7) is 10.4. The van der Waals surface area contributed by atoms with E-state index in [4.69, 9.17) is 23.7 Å². The Morgan fingerprint density at radius 3 is 2.04 bits per heavy atom. The van der Waals surface area contributed by atoms with Gasteiger partial charge in [0, 0.05) is 25.4 Å². The fourth-order valence-electron chi connectivity index (χ4n) is 12.7. The molecule has 6 fully saturated rings. The lowest BCUT2D eigenvalue weighted by atomic mass is 9.41. The molecule has 320 valence electrons. The third kappa shape index (κ3) is 7.70. The Balaban J connectivity index is 1.08. The number of fused-ring (bicyclic) bond motifs is 5. The Hall–Kier alpha value is -0.600. The number of rotatable bonds is 12. The molecule has 0 radical (unpaired) electrons. The summed E-state index contributed by atoms with van der Waals surface area (Å²) in [5.74, 6) is -1.43. The first-order valence-corrected chi connectivity index (χ1v) is 20.7. The van der Waals surface area contributed by atoms with Crippen LogP contribution in [-0.4, -0.2) is 163 Å². The summed E-state index contributed by atoms with van der Waals surface area (Å²) in [4.78, 5) is 0. The van der Waals surface area contributed by atoms with Crippen LogP contribution < -0.4 is 0 Å². The van der Waals surface area contributed by atoms with Crippen molar-refractivity contribution in [2.75, 3.05) is 26.9 Å². The van der Waals surface area contributed by atoms with Gasteiger partial charge in [-0.15, -0.1) is 0 Å². The Kier molecular flexibility index (Phi) is 13.4. The lowest BCUT2D eigenvalue weighted by molar-refractivity contribution is -0.344. The molecule has 55 heavy (non-hydrogen) atoms. The highest BCUT2D eigenvalue weighted by atomic mass is 16.7. The van der Waals surface area contributed by atoms with Gasteiger partial charge < -0.3 is 74.7 Å². The maximum absolute atomic E-state index is 12.6. The Bertz CT molecular complexity index is 1280. The van der Waals surface area contributed by atoms with Crippen LogP contribution >= 0.6 is 0 Å². The van der Waals surface area contributed by atoms with Crippen molar-refractivity contribution >= 4 is 0 Å². The normalized spacial score (nSPS) is 52.6. The van der Waals surface area contributed by atoms with Gasteiger partial charge in [0.2, 0.25) is 0 Å². The highest BCUT2D eigenvalue weighted by molar-refractivity contribution is 5.22. The minimum absolute atomic E-state index is 0.0171. The first kappa shape index (κ1) is 44.0. The molecule has 4 saturated carbocycles. The molecule has 2 saturated heterocycles. The van der Waals surface area contributed by atoms with Gasteiger partial charge in [-0.25, -0.2) is 0 Å². The van der Waals surface area contributed by atoms with E-state index in [9.17, 15) is 51.1 Å². The largest absolute Gasteiger partial charge is 0.393 e. The SMILES string of the molecule is COC1COC(OC2C(OCCC(CCC(C)C3C(O)C(O)C4C3(C)CCC3C5(C)CCC(O)C(O)C5C(O)CC34O)C(C)C)OCC(O)C2O)C(O)C1O. The molecule has 4 aliphatic carbocycles. The zero-order chi connectivity index (χ0) is 40.4. The highest BCUT2D eigenvalue weighted by Gasteiger charge is 2.73. The molecule has 22 atom stereocenters. The minimum Gasteiger partial charge on any atom is -0.393 e. The van der Waals surface area contributed by atoms with Crippen LogP contribution in [0.4, 0.5) is 0 Å². The number of hydrogen-bond acceptors (Lipinski definition) is 15. The molecule has 2 heterocycles. The van der Waals surface area contributed by atoms with E-state index in [-0.39, 0.29) is 55.8 Å². The van der Waals surface area contributed by atoms with Crippen LogP contribution in [0.15, 0.2) is 0 Å². The molecule has 6 aliphatic rings. The van der Waals surface area contributed by atoms with Gasteiger partial charge in [0.05, 0.1) is 55.9 Å². The van der Waals surface area contributed by atoms with Crippen LogP contribution in [0.3, 0.4) is 0 Å². The zero-order valence-corrected chi connectivity index (χ0v) is 33.3. The molecule has 22 unspecified atom stereocenters. The summed E-state index contributed by atoms with van der Waals surface area (Å²) < 4.78 is 28.4. The van der Waals surface area contributed by atoms with Crippen molar-refractivity contribution in [3.63, 3.8) is 0 Å². The predicted octanol–water partition coefficient (Wildman–Crippen LogP) is -0.344. The molecular weight excluding hydrogens is 720 g/mol. The second-order valence-electron chi connectivity index (χ2n) is 19.0. The summed E-state index contributed by atoms with van der Waals surface area (Å²) in [5, 5.41) is 111. The van der Waals surface area contributed by atoms with Crippen molar-refractivity contribution < 1.29 is 74.7 Å². The lowest BCUT2D eigenvalue weighted by Crippen LogP contribution is -2.71. The van der Waals surface area contributed by atoms with Crippen LogP contribution in [0.1, 0.15) is 86.0 Å². The van der Waals surface area contributed by atoms with Gasteiger partial charge in [-0.1, -0.05) is 41.0 Å². The molecule has 15 nitrogen and oxygen atoms in total. The molecule has 2 aliphatic heterocycles. The van der Waals surface area contributed by atoms with Gasteiger partial charge in [-0.05, 0) is 78.9 Å². The van der Waals surface area contributed by atoms with E-state index >= 15 is 0 Å². The number of hydrogen-bond donors (Lipinski definition) is 10. The van der Waals surface area contributed by atoms with Crippen LogP contribution in [0.2, 0.25) is 0 Å². The van der Waals surface area contributed by atoms with Gasteiger partial charge >= 0.3 is 0 Å². The van der Waals surface area contributed by atoms with Crippen molar-refractivity contribution in [2.24, 2.45) is 52.3 Å². The molecular formula is C40H70O15. The average molecular weight is 791 g/mol. The average Bonchev–Trinajstić information content (AvgIpc) is 3.33. The molecule has 0 bridgehead atoms. The maximum atomic E-state index is 12.6. The van der Waals surface area contributed by atoms with Crippen LogP contribution in [0.5, 0.6) is 0 Å². The Morgan fingerprint density at radius 2 is 1.36 bits per heavy atom. The van der Waals surface area contributed by atoms with Crippen molar-refractivity contribution in [1.29, 1.82) is 0 Å². The van der Waals surface area contributed by atoms with E-state index in [0.29, 0.717) is 32.1 Å². The zero-order valence-electron chi connectivity index (χ0n) is 33.3. The van der Waals surface area contributed by atoms with Crippen molar-refractivity contribution in [3.8, 4) is 0 Å². The molecule has 0 aromatic heterocycles. The second kappa shape index (κ2) is 16.8. The van der Waals surface area contributed by atoms with Crippen molar-refractivity contribution in [3.05, 3.63) is 0 Å². The summed E-state index contributed by atoms with van der Waals surface area (Å²) in [7, 11) is 1.39. The van der Waals surface area contributed by atoms with E-state index in [1.165, 1.54) is 7.11 Å². The number of ether oxygens (including phenoxy) is 5. The van der Waals surface area contributed by atoms with E-state index in [0.717, 1.165) is 12.8 Å². The maximum Gasteiger partial charge on any atom is 0.186 e. The first-order valence-electron chi connectivity index (χ1n) is 20.7. The summed E-state index contributed by atoms with van der Waals surface area (Å²) >= 11 is 0. The van der Waals surface area contributed by atoms with E-state index in [1.54, 1.807) is 0 Å². The lowest BCUT2D eigenvalue weighted by Gasteiger charge is -2.66. The third-order valence-corrected chi connectivity index (χ3v) is 15.7. The quantitative estimate of drug-likeness (QED) is 0.122. The molecule has 0 amide bonds. The fourth-order valence-corrected chi connectivity index (χ4v) is 12.7. The molecule has 15 heteroatoms. The monoisotopic (exact) mass is 790 g/mol. The molecule has 0 aromatic rings. The summed E-state index contributed by atoms with van der Waals surface area (Å²) in [6.07, 6.45) is -10.8. The topological polar surface area (TPSA) is 248 Å². The smallest absolute Gasteiger partial charge is 0.186 e. The van der Waals surface area contributed by atoms with Crippen molar-refractivity contribution in [2.45, 2.75) is 171 Å². The van der Waals surface area contributed by atoms with Crippen LogP contribution in [0.25, 0.3) is 0 Å². The second-order valence-corrected chi connectivity index (χ2v) is 19.0. The Labute approximate surface area is 324 Å². The van der Waals surface area contributed by atoms with E-state index in [1.807, 2.05) is 6.92 Å². The molecule has 0 aromatic carbocycles. The standard InChI is InChI=1S/C40H70O15/c1-18(2)20(11-14-52-37-34(29(45)23(43)16-53-37)55-36-33(49)30(46)24(51-6)17-54-36)8-7-19(3)26-31(47)32(48)35-39(26,5)13-10-25-38(4)12-9-21(41)28(44)27(38)22(42)15-40(25,35)50/h18-37,41-50H,7-17H2,1-6H3. The number of aliphatic hydroxyl groups excluding tert-OH is 9. The first-order chi connectivity index (χ1) is 25.8. The summed E-state index contributed by atoms with van der Waals surface area (Å²) in [6, 6.07) is 0. The van der Waals surface area contributed by atoms with Gasteiger partial charge in [0.25, 0.3) is 0 Å². The fraction of sp³-hybridized carbons (Fsp3) is 1.00. The van der Waals surface area contributed by atoms with Crippen molar-refractivity contribution in [1.82, 2.24) is 0 Å². The minimum atomic E-state index is -1.47. The van der Waals surface area contributed by atoms with Crippen LogP contribution in [-0.2, 0) is 23.7 Å².